The zero-order valence-electron chi connectivity index (χ0n) is 13.8. The number of carbonyl (C=O) groups excluding carboxylic acids is 1. The van der Waals surface area contributed by atoms with Gasteiger partial charge in [-0.3, -0.25) is 4.79 Å². The third-order valence-electron chi connectivity index (χ3n) is 3.56. The van der Waals surface area contributed by atoms with Crippen molar-refractivity contribution in [2.75, 3.05) is 17.7 Å². The van der Waals surface area contributed by atoms with E-state index in [1.54, 1.807) is 67.9 Å². The van der Waals surface area contributed by atoms with E-state index in [-0.39, 0.29) is 5.91 Å². The quantitative estimate of drug-likeness (QED) is 0.615. The number of hydrogen-bond acceptors (Lipinski definition) is 4. The predicted octanol–water partition coefficient (Wildman–Crippen LogP) is 5.39. The van der Waals surface area contributed by atoms with Crippen LogP contribution in [0.2, 0.25) is 10.0 Å². The molecule has 0 saturated carbocycles. The van der Waals surface area contributed by atoms with Crippen LogP contribution in [0.1, 0.15) is 10.4 Å². The van der Waals surface area contributed by atoms with E-state index in [2.05, 4.69) is 15.6 Å². The Balaban J connectivity index is 1.75. The zero-order valence-corrected chi connectivity index (χ0v) is 15.3. The van der Waals surface area contributed by atoms with E-state index >= 15 is 0 Å². The summed E-state index contributed by atoms with van der Waals surface area (Å²) in [6.07, 6.45) is 1.55. The standard InChI is InChI=1S/C19H15Cl2N3O2/c1-26-15-5-3-14(4-6-15)23-19(25)12-8-9-22-18(10-12)24-17-11-13(20)2-7-16(17)21/h2-11H,1H3,(H,22,24)(H,23,25). The summed E-state index contributed by atoms with van der Waals surface area (Å²) in [5.74, 6) is 0.950. The van der Waals surface area contributed by atoms with Crippen LogP contribution in [0.3, 0.4) is 0 Å². The van der Waals surface area contributed by atoms with Crippen molar-refractivity contribution >= 4 is 46.3 Å². The Hall–Kier alpha value is -2.76. The Morgan fingerprint density at radius 3 is 2.54 bits per heavy atom. The first-order valence-corrected chi connectivity index (χ1v) is 8.44. The van der Waals surface area contributed by atoms with Crippen LogP contribution in [0, 0.1) is 0 Å². The molecule has 3 aromatic rings. The predicted molar refractivity (Wildman–Crippen MR) is 105 cm³/mol. The number of anilines is 3. The van der Waals surface area contributed by atoms with Crippen molar-refractivity contribution in [2.24, 2.45) is 0 Å². The summed E-state index contributed by atoms with van der Waals surface area (Å²) >= 11 is 12.1. The van der Waals surface area contributed by atoms with E-state index in [0.717, 1.165) is 5.75 Å². The van der Waals surface area contributed by atoms with E-state index in [1.165, 1.54) is 0 Å². The molecule has 0 bridgehead atoms. The first-order valence-electron chi connectivity index (χ1n) is 7.69. The normalized spacial score (nSPS) is 10.3. The molecule has 2 N–H and O–H groups in total. The minimum absolute atomic E-state index is 0.252. The van der Waals surface area contributed by atoms with E-state index in [0.29, 0.717) is 32.8 Å². The fraction of sp³-hybridized carbons (Fsp3) is 0.0526. The number of benzene rings is 2. The molecule has 0 aliphatic heterocycles. The average Bonchev–Trinajstić information content (AvgIpc) is 2.65. The number of nitrogens with zero attached hydrogens (tertiary/aromatic N) is 1. The van der Waals surface area contributed by atoms with E-state index in [4.69, 9.17) is 27.9 Å². The number of carbonyl (C=O) groups is 1. The van der Waals surface area contributed by atoms with Gasteiger partial charge in [0.2, 0.25) is 0 Å². The second-order valence-electron chi connectivity index (χ2n) is 5.36. The van der Waals surface area contributed by atoms with Crippen molar-refractivity contribution in [1.29, 1.82) is 0 Å². The van der Waals surface area contributed by atoms with Gasteiger partial charge in [-0.05, 0) is 54.6 Å². The SMILES string of the molecule is COc1ccc(NC(=O)c2ccnc(Nc3cc(Cl)ccc3Cl)c2)cc1. The van der Waals surface area contributed by atoms with Crippen molar-refractivity contribution in [3.8, 4) is 5.75 Å². The fourth-order valence-electron chi connectivity index (χ4n) is 2.25. The number of pyridine rings is 1. The molecule has 0 aliphatic carbocycles. The topological polar surface area (TPSA) is 63.2 Å². The van der Waals surface area contributed by atoms with Crippen LogP contribution < -0.4 is 15.4 Å². The number of amides is 1. The molecule has 0 saturated heterocycles. The Morgan fingerprint density at radius 1 is 1.04 bits per heavy atom. The number of aromatic nitrogens is 1. The summed E-state index contributed by atoms with van der Waals surface area (Å²) in [5.41, 5.74) is 1.73. The van der Waals surface area contributed by atoms with Gasteiger partial charge < -0.3 is 15.4 Å². The van der Waals surface area contributed by atoms with Gasteiger partial charge >= 0.3 is 0 Å². The molecule has 0 aliphatic rings. The zero-order chi connectivity index (χ0) is 18.5. The van der Waals surface area contributed by atoms with Crippen molar-refractivity contribution in [1.82, 2.24) is 4.98 Å². The lowest BCUT2D eigenvalue weighted by Gasteiger charge is -2.10. The Kier molecular flexibility index (Phi) is 5.61. The van der Waals surface area contributed by atoms with Crippen LogP contribution in [-0.4, -0.2) is 18.0 Å². The summed E-state index contributed by atoms with van der Waals surface area (Å²) in [6.45, 7) is 0. The van der Waals surface area contributed by atoms with Crippen LogP contribution in [0.4, 0.5) is 17.2 Å². The second-order valence-corrected chi connectivity index (χ2v) is 6.21. The first-order chi connectivity index (χ1) is 12.5. The Bertz CT molecular complexity index is 930. The second kappa shape index (κ2) is 8.08. The third kappa shape index (κ3) is 4.45. The average molecular weight is 388 g/mol. The lowest BCUT2D eigenvalue weighted by Crippen LogP contribution is -2.12. The van der Waals surface area contributed by atoms with E-state index in [9.17, 15) is 4.79 Å². The highest BCUT2D eigenvalue weighted by atomic mass is 35.5. The van der Waals surface area contributed by atoms with Crippen LogP contribution in [0.5, 0.6) is 5.75 Å². The Morgan fingerprint density at radius 2 is 1.81 bits per heavy atom. The summed E-state index contributed by atoms with van der Waals surface area (Å²) in [5, 5.41) is 6.94. The maximum Gasteiger partial charge on any atom is 0.255 e. The third-order valence-corrected chi connectivity index (χ3v) is 4.13. The van der Waals surface area contributed by atoms with Gasteiger partial charge in [-0.1, -0.05) is 23.2 Å². The fourth-order valence-corrected chi connectivity index (χ4v) is 2.59. The summed E-state index contributed by atoms with van der Waals surface area (Å²) in [7, 11) is 1.59. The molecule has 1 aromatic heterocycles. The lowest BCUT2D eigenvalue weighted by molar-refractivity contribution is 0.102. The molecule has 0 unspecified atom stereocenters. The molecule has 132 valence electrons. The van der Waals surface area contributed by atoms with Crippen molar-refractivity contribution in [2.45, 2.75) is 0 Å². The smallest absolute Gasteiger partial charge is 0.255 e. The molecule has 7 heteroatoms. The van der Waals surface area contributed by atoms with Crippen LogP contribution >= 0.6 is 23.2 Å². The minimum atomic E-state index is -0.252. The van der Waals surface area contributed by atoms with E-state index in [1.807, 2.05) is 0 Å². The number of ether oxygens (including phenoxy) is 1. The van der Waals surface area contributed by atoms with Gasteiger partial charge in [0.15, 0.2) is 0 Å². The van der Waals surface area contributed by atoms with Crippen LogP contribution in [0.25, 0.3) is 0 Å². The van der Waals surface area contributed by atoms with Gasteiger partial charge in [0, 0.05) is 22.5 Å². The Labute approximate surface area is 160 Å². The minimum Gasteiger partial charge on any atom is -0.497 e. The molecule has 5 nitrogen and oxygen atoms in total. The summed E-state index contributed by atoms with van der Waals surface area (Å²) in [4.78, 5) is 16.7. The number of hydrogen-bond donors (Lipinski definition) is 2. The lowest BCUT2D eigenvalue weighted by atomic mass is 10.2. The van der Waals surface area contributed by atoms with Gasteiger partial charge in [0.05, 0.1) is 17.8 Å². The first kappa shape index (κ1) is 18.0. The highest BCUT2D eigenvalue weighted by Gasteiger charge is 2.09. The molecule has 0 spiro atoms. The van der Waals surface area contributed by atoms with Crippen molar-refractivity contribution in [3.63, 3.8) is 0 Å². The highest BCUT2D eigenvalue weighted by Crippen LogP contribution is 2.28. The molecule has 0 atom stereocenters. The summed E-state index contributed by atoms with van der Waals surface area (Å²) in [6, 6.07) is 15.4. The molecule has 26 heavy (non-hydrogen) atoms. The van der Waals surface area contributed by atoms with Gasteiger partial charge in [0.25, 0.3) is 5.91 Å². The number of nitrogens with one attached hydrogen (secondary N) is 2. The molecule has 1 amide bonds. The highest BCUT2D eigenvalue weighted by molar-refractivity contribution is 6.35. The number of rotatable bonds is 5. The van der Waals surface area contributed by atoms with Gasteiger partial charge in [-0.15, -0.1) is 0 Å². The molecule has 2 aromatic carbocycles. The van der Waals surface area contributed by atoms with E-state index < -0.39 is 0 Å². The molecule has 0 fully saturated rings. The maximum absolute atomic E-state index is 12.4. The monoisotopic (exact) mass is 387 g/mol. The molecule has 1 heterocycles. The molecular formula is C19H15Cl2N3O2. The summed E-state index contributed by atoms with van der Waals surface area (Å²) < 4.78 is 5.10. The van der Waals surface area contributed by atoms with Crippen LogP contribution in [0.15, 0.2) is 60.8 Å². The maximum atomic E-state index is 12.4. The largest absolute Gasteiger partial charge is 0.497 e. The van der Waals surface area contributed by atoms with Crippen molar-refractivity contribution < 1.29 is 9.53 Å². The number of halogens is 2. The van der Waals surface area contributed by atoms with Gasteiger partial charge in [-0.2, -0.15) is 0 Å². The molecule has 3 rings (SSSR count). The van der Waals surface area contributed by atoms with Crippen molar-refractivity contribution in [3.05, 3.63) is 76.4 Å². The van der Waals surface area contributed by atoms with Gasteiger partial charge in [-0.25, -0.2) is 4.98 Å². The molecular weight excluding hydrogens is 373 g/mol. The number of methoxy groups -OCH3 is 1. The van der Waals surface area contributed by atoms with Crippen LogP contribution in [-0.2, 0) is 0 Å². The van der Waals surface area contributed by atoms with Gasteiger partial charge in [0.1, 0.15) is 11.6 Å². The molecule has 0 radical (unpaired) electrons.